The smallest absolute Gasteiger partial charge is 0.338 e. The van der Waals surface area contributed by atoms with Gasteiger partial charge in [0.25, 0.3) is 0 Å². The molecule has 0 spiro atoms. The van der Waals surface area contributed by atoms with Crippen molar-refractivity contribution in [1.29, 1.82) is 0 Å². The molecule has 3 N–H and O–H groups in total. The predicted molar refractivity (Wildman–Crippen MR) is 245 cm³/mol. The molecule has 0 saturated heterocycles. The molecule has 0 bridgehead atoms. The third kappa shape index (κ3) is 10.6. The highest BCUT2D eigenvalue weighted by atomic mass is 35.5. The number of carbonyl (C=O) groups excluding carboxylic acids is 1. The molecule has 2 aromatic heterocycles. The maximum Gasteiger partial charge on any atom is 0.338 e. The zero-order chi connectivity index (χ0) is 48.1. The molecular formula is C51H38Cl2F4N2O8. The molecule has 2 heterocycles. The second-order valence-corrected chi connectivity index (χ2v) is 15.8. The highest BCUT2D eigenvalue weighted by Gasteiger charge is 2.21. The summed E-state index contributed by atoms with van der Waals surface area (Å²) in [5.74, 6) is -4.28. The number of phenols is 2. The molecule has 0 atom stereocenters. The summed E-state index contributed by atoms with van der Waals surface area (Å²) in [7, 11) is 1.26. The second kappa shape index (κ2) is 20.2. The van der Waals surface area contributed by atoms with Crippen LogP contribution in [0.5, 0.6) is 23.0 Å². The lowest BCUT2D eigenvalue weighted by Gasteiger charge is -2.17. The van der Waals surface area contributed by atoms with Gasteiger partial charge in [-0.25, -0.2) is 27.2 Å². The molecule has 0 aliphatic rings. The number of nitrogens with zero attached hydrogens (tertiary/aromatic N) is 2. The number of rotatable bonds is 12. The Bertz CT molecular complexity index is 3130. The molecule has 16 heteroatoms. The van der Waals surface area contributed by atoms with Crippen LogP contribution >= 0.6 is 23.2 Å². The first-order chi connectivity index (χ1) is 32.0. The summed E-state index contributed by atoms with van der Waals surface area (Å²) in [6, 6.07) is 32.6. The van der Waals surface area contributed by atoms with E-state index in [0.29, 0.717) is 55.4 Å². The molecule has 0 amide bonds. The Morgan fingerprint density at radius 3 is 1.36 bits per heavy atom. The molecule has 0 aliphatic carbocycles. The fraction of sp³-hybridized carbons (Fsp3) is 0.0980. The number of carboxylic acid groups (broad SMARTS) is 1. The van der Waals surface area contributed by atoms with Gasteiger partial charge in [-0.3, -0.25) is 0 Å². The van der Waals surface area contributed by atoms with Gasteiger partial charge in [-0.2, -0.15) is 0 Å². The fourth-order valence-electron chi connectivity index (χ4n) is 7.29. The zero-order valence-corrected chi connectivity index (χ0v) is 37.2. The van der Waals surface area contributed by atoms with Crippen LogP contribution in [0.4, 0.5) is 17.6 Å². The minimum absolute atomic E-state index is 0.0818. The van der Waals surface area contributed by atoms with Gasteiger partial charge in [-0.1, -0.05) is 35.3 Å². The highest BCUT2D eigenvalue weighted by molar-refractivity contribution is 6.31. The number of aryl methyl sites for hydroxylation is 2. The summed E-state index contributed by atoms with van der Waals surface area (Å²) in [5.41, 5.74) is 4.45. The van der Waals surface area contributed by atoms with Crippen molar-refractivity contribution >= 4 is 35.1 Å². The standard InChI is InChI=1S/C26H20ClF2NO4.C25H18ClF2NO4/c1-15-6-8-24(30(15)18-10-16(26(32)33-2)11-19(31)13-18)20-12-17(27)7-9-25(20)34-14-21-22(28)4-3-5-23(21)29;1-14-5-7-23(29(14)17-9-15(25(31)32)10-18(30)12-17)19-11-16(26)6-8-24(19)33-13-20-21(27)3-2-4-22(20)28/h3-13,31H,14H2,1-2H3;2-12,30H,13H2,1H3,(H,31,32). The van der Waals surface area contributed by atoms with Crippen molar-refractivity contribution < 1.29 is 56.7 Å². The summed E-state index contributed by atoms with van der Waals surface area (Å²) >= 11 is 12.5. The number of carbonyl (C=O) groups is 2. The van der Waals surface area contributed by atoms with E-state index < -0.39 is 35.2 Å². The lowest BCUT2D eigenvalue weighted by Crippen LogP contribution is -2.06. The van der Waals surface area contributed by atoms with Gasteiger partial charge >= 0.3 is 11.9 Å². The van der Waals surface area contributed by atoms with Crippen LogP contribution in [0.1, 0.15) is 43.2 Å². The number of aromatic carboxylic acids is 1. The molecule has 8 rings (SSSR count). The van der Waals surface area contributed by atoms with E-state index in [9.17, 15) is 42.5 Å². The number of halogens is 6. The van der Waals surface area contributed by atoms with Crippen molar-refractivity contribution in [3.63, 3.8) is 0 Å². The third-order valence-corrected chi connectivity index (χ3v) is 10.9. The van der Waals surface area contributed by atoms with Crippen LogP contribution in [0, 0.1) is 37.1 Å². The Labute approximate surface area is 391 Å². The molecule has 0 unspecified atom stereocenters. The van der Waals surface area contributed by atoms with E-state index in [2.05, 4.69) is 0 Å². The minimum Gasteiger partial charge on any atom is -0.508 e. The van der Waals surface area contributed by atoms with E-state index in [1.807, 2.05) is 26.0 Å². The van der Waals surface area contributed by atoms with Gasteiger partial charge in [0.15, 0.2) is 0 Å². The number of hydrogen-bond acceptors (Lipinski definition) is 7. The number of hydrogen-bond donors (Lipinski definition) is 3. The van der Waals surface area contributed by atoms with Crippen LogP contribution in [0.2, 0.25) is 10.0 Å². The number of esters is 1. The van der Waals surface area contributed by atoms with E-state index in [0.717, 1.165) is 29.6 Å². The maximum atomic E-state index is 14.1. The number of carboxylic acids is 1. The van der Waals surface area contributed by atoms with E-state index in [1.165, 1.54) is 55.6 Å². The number of methoxy groups -OCH3 is 1. The molecule has 10 nitrogen and oxygen atoms in total. The Balaban J connectivity index is 0.000000199. The molecule has 0 saturated carbocycles. The third-order valence-electron chi connectivity index (χ3n) is 10.4. The number of phenolic OH excluding ortho intramolecular Hbond substituents is 2. The van der Waals surface area contributed by atoms with E-state index in [-0.39, 0.29) is 47.0 Å². The number of ether oxygens (including phenoxy) is 3. The van der Waals surface area contributed by atoms with Gasteiger partial charge < -0.3 is 38.7 Å². The lowest BCUT2D eigenvalue weighted by molar-refractivity contribution is 0.0599. The molecule has 0 aliphatic heterocycles. The summed E-state index contributed by atoms with van der Waals surface area (Å²) in [6.45, 7) is 2.99. The maximum absolute atomic E-state index is 14.1. The monoisotopic (exact) mass is 952 g/mol. The van der Waals surface area contributed by atoms with Crippen LogP contribution in [-0.4, -0.2) is 43.5 Å². The molecule has 6 aromatic carbocycles. The summed E-state index contributed by atoms with van der Waals surface area (Å²) in [5, 5.41) is 30.5. The Morgan fingerprint density at radius 2 is 0.955 bits per heavy atom. The zero-order valence-electron chi connectivity index (χ0n) is 35.7. The molecule has 8 aromatic rings. The molecule has 342 valence electrons. The van der Waals surface area contributed by atoms with E-state index in [4.69, 9.17) is 37.4 Å². The van der Waals surface area contributed by atoms with Crippen LogP contribution in [0.15, 0.2) is 133 Å². The summed E-state index contributed by atoms with van der Waals surface area (Å²) in [4.78, 5) is 23.5. The normalized spacial score (nSPS) is 10.9. The topological polar surface area (TPSA) is 132 Å². The summed E-state index contributed by atoms with van der Waals surface area (Å²) in [6.07, 6.45) is 0. The van der Waals surface area contributed by atoms with Crippen molar-refractivity contribution in [2.75, 3.05) is 7.11 Å². The fourth-order valence-corrected chi connectivity index (χ4v) is 7.63. The largest absolute Gasteiger partial charge is 0.508 e. The van der Waals surface area contributed by atoms with Crippen molar-refractivity contribution in [2.24, 2.45) is 0 Å². The highest BCUT2D eigenvalue weighted by Crippen LogP contribution is 2.39. The Kier molecular flexibility index (Phi) is 14.3. The van der Waals surface area contributed by atoms with Crippen LogP contribution in [0.25, 0.3) is 33.9 Å². The van der Waals surface area contributed by atoms with E-state index in [1.54, 1.807) is 63.7 Å². The Hall–Kier alpha value is -7.68. The van der Waals surface area contributed by atoms with Crippen LogP contribution < -0.4 is 9.47 Å². The molecule has 0 fully saturated rings. The molecule has 67 heavy (non-hydrogen) atoms. The number of aromatic hydroxyl groups is 2. The minimum atomic E-state index is -1.18. The van der Waals surface area contributed by atoms with Gasteiger partial charge in [-0.15, -0.1) is 0 Å². The predicted octanol–water partition coefficient (Wildman–Crippen LogP) is 12.8. The van der Waals surface area contributed by atoms with Crippen molar-refractivity contribution in [2.45, 2.75) is 27.1 Å². The van der Waals surface area contributed by atoms with Crippen molar-refractivity contribution in [3.05, 3.63) is 200 Å². The van der Waals surface area contributed by atoms with E-state index >= 15 is 0 Å². The van der Waals surface area contributed by atoms with Gasteiger partial charge in [0.2, 0.25) is 0 Å². The van der Waals surface area contributed by atoms with Crippen molar-refractivity contribution in [3.8, 4) is 56.9 Å². The SMILES string of the molecule is COC(=O)c1cc(O)cc(-n2c(C)ccc2-c2cc(Cl)ccc2OCc2c(F)cccc2F)c1.Cc1ccc(-c2cc(Cl)ccc2OCc2c(F)cccc2F)n1-c1cc(O)cc(C(=O)O)c1. The Morgan fingerprint density at radius 1 is 0.552 bits per heavy atom. The van der Waals surface area contributed by atoms with Gasteiger partial charge in [0.05, 0.1) is 52.1 Å². The van der Waals surface area contributed by atoms with Crippen LogP contribution in [-0.2, 0) is 18.0 Å². The van der Waals surface area contributed by atoms with Gasteiger partial charge in [-0.05, 0) is 123 Å². The van der Waals surface area contributed by atoms with Gasteiger partial charge in [0.1, 0.15) is 59.5 Å². The number of aromatic nitrogens is 2. The second-order valence-electron chi connectivity index (χ2n) is 14.9. The van der Waals surface area contributed by atoms with Crippen LogP contribution in [0.3, 0.4) is 0 Å². The summed E-state index contributed by atoms with van der Waals surface area (Å²) < 4.78 is 76.2. The lowest BCUT2D eigenvalue weighted by atomic mass is 10.1. The molecular weight excluding hydrogens is 915 g/mol. The molecule has 0 radical (unpaired) electrons. The average Bonchev–Trinajstić information content (AvgIpc) is 3.88. The quantitative estimate of drug-likeness (QED) is 0.0815. The first-order valence-corrected chi connectivity index (χ1v) is 20.9. The first-order valence-electron chi connectivity index (χ1n) is 20.1. The first kappa shape index (κ1) is 47.3. The average molecular weight is 954 g/mol. The van der Waals surface area contributed by atoms with Crippen molar-refractivity contribution in [1.82, 2.24) is 9.13 Å². The number of benzene rings is 6. The van der Waals surface area contributed by atoms with Gasteiger partial charge in [0, 0.05) is 44.7 Å².